The summed E-state index contributed by atoms with van der Waals surface area (Å²) in [4.78, 5) is 18.2. The molecule has 38 heavy (non-hydrogen) atoms. The first kappa shape index (κ1) is 27.0. The summed E-state index contributed by atoms with van der Waals surface area (Å²) in [5, 5.41) is 9.26. The second kappa shape index (κ2) is 10.2. The van der Waals surface area contributed by atoms with Gasteiger partial charge in [0.05, 0.1) is 23.5 Å². The molecular formula is C27H30F6N2O3. The molecule has 1 aromatic heterocycles. The van der Waals surface area contributed by atoms with Gasteiger partial charge in [0.1, 0.15) is 11.3 Å². The Labute approximate surface area is 216 Å². The lowest BCUT2D eigenvalue weighted by Crippen LogP contribution is -2.45. The molecule has 1 saturated carbocycles. The molecule has 5 rings (SSSR count). The Kier molecular flexibility index (Phi) is 7.26. The maximum absolute atomic E-state index is 14.1. The molecule has 208 valence electrons. The maximum atomic E-state index is 14.1. The molecule has 2 aliphatic heterocycles. The number of benzene rings is 1. The molecule has 3 heterocycles. The SMILES string of the molecule is O=C(O)C1CC2CCC(C1)N2CCc1ccc2c(C(F)(F)F)c(O[C@H]3CC[C@@H](C(F)(F)F)CC3)ccc2n1. The fourth-order valence-electron chi connectivity index (χ4n) is 6.53. The van der Waals surface area contributed by atoms with E-state index in [1.165, 1.54) is 18.2 Å². The zero-order valence-corrected chi connectivity index (χ0v) is 20.7. The van der Waals surface area contributed by atoms with Gasteiger partial charge in [-0.3, -0.25) is 14.7 Å². The Bertz CT molecular complexity index is 1160. The van der Waals surface area contributed by atoms with Crippen molar-refractivity contribution >= 4 is 16.9 Å². The quantitative estimate of drug-likeness (QED) is 0.414. The molecular weight excluding hydrogens is 514 g/mol. The van der Waals surface area contributed by atoms with E-state index in [-0.39, 0.29) is 60.3 Å². The van der Waals surface area contributed by atoms with Crippen molar-refractivity contribution in [1.82, 2.24) is 9.88 Å². The Morgan fingerprint density at radius 1 is 0.947 bits per heavy atom. The summed E-state index contributed by atoms with van der Waals surface area (Å²) in [6, 6.07) is 6.05. The Morgan fingerprint density at radius 3 is 2.18 bits per heavy atom. The number of hydrogen-bond donors (Lipinski definition) is 1. The lowest BCUT2D eigenvalue weighted by atomic mass is 9.87. The van der Waals surface area contributed by atoms with E-state index in [1.54, 1.807) is 6.07 Å². The lowest BCUT2D eigenvalue weighted by molar-refractivity contribution is -0.185. The van der Waals surface area contributed by atoms with E-state index in [0.717, 1.165) is 12.8 Å². The minimum atomic E-state index is -4.73. The second-order valence-electron chi connectivity index (χ2n) is 10.8. The lowest BCUT2D eigenvalue weighted by Gasteiger charge is -2.37. The maximum Gasteiger partial charge on any atom is 0.420 e. The molecule has 3 aliphatic rings. The molecule has 0 amide bonds. The van der Waals surface area contributed by atoms with Gasteiger partial charge in [-0.15, -0.1) is 0 Å². The molecule has 11 heteroatoms. The standard InChI is InChI=1S/C27H30F6N2O3/c28-26(29,30)16-1-6-20(7-2-16)38-23-10-9-22-21(24(23)27(31,32)33)8-3-17(34-22)11-12-35-18-4-5-19(35)14-15(13-18)25(36)37/h3,8-10,15-16,18-20H,1-2,4-7,11-14H2,(H,36,37)/t15?,16-,18?,19?,20+. The number of carbonyl (C=O) groups is 1. The zero-order valence-electron chi connectivity index (χ0n) is 20.7. The number of rotatable bonds is 6. The predicted octanol–water partition coefficient (Wildman–Crippen LogP) is 6.62. The van der Waals surface area contributed by atoms with Crippen LogP contribution in [-0.2, 0) is 17.4 Å². The molecule has 2 saturated heterocycles. The fraction of sp³-hybridized carbons (Fsp3) is 0.630. The van der Waals surface area contributed by atoms with Crippen molar-refractivity contribution in [2.24, 2.45) is 11.8 Å². The van der Waals surface area contributed by atoms with Gasteiger partial charge in [-0.1, -0.05) is 6.07 Å². The molecule has 5 nitrogen and oxygen atoms in total. The Hall–Kier alpha value is -2.56. The van der Waals surface area contributed by atoms with Crippen LogP contribution in [0, 0.1) is 11.8 Å². The van der Waals surface area contributed by atoms with Crippen LogP contribution >= 0.6 is 0 Å². The highest BCUT2D eigenvalue weighted by Crippen LogP contribution is 2.44. The largest absolute Gasteiger partial charge is 0.490 e. The summed E-state index contributed by atoms with van der Waals surface area (Å²) in [5.74, 6) is -2.90. The number of ether oxygens (including phenoxy) is 1. The number of hydrogen-bond acceptors (Lipinski definition) is 4. The minimum Gasteiger partial charge on any atom is -0.490 e. The van der Waals surface area contributed by atoms with Crippen LogP contribution in [0.1, 0.15) is 62.6 Å². The highest BCUT2D eigenvalue weighted by atomic mass is 19.4. The number of fused-ring (bicyclic) bond motifs is 3. The van der Waals surface area contributed by atoms with Gasteiger partial charge in [0.25, 0.3) is 0 Å². The van der Waals surface area contributed by atoms with Gasteiger partial charge in [0, 0.05) is 36.1 Å². The molecule has 1 N–H and O–H groups in total. The predicted molar refractivity (Wildman–Crippen MR) is 127 cm³/mol. The van der Waals surface area contributed by atoms with Crippen LogP contribution in [0.2, 0.25) is 0 Å². The van der Waals surface area contributed by atoms with Crippen molar-refractivity contribution in [2.45, 2.75) is 88.3 Å². The molecule has 2 atom stereocenters. The monoisotopic (exact) mass is 544 g/mol. The van der Waals surface area contributed by atoms with E-state index in [4.69, 9.17) is 4.74 Å². The first-order chi connectivity index (χ1) is 17.9. The highest BCUT2D eigenvalue weighted by molar-refractivity contribution is 5.85. The normalized spacial score (nSPS) is 28.5. The third-order valence-corrected chi connectivity index (χ3v) is 8.46. The van der Waals surface area contributed by atoms with Crippen molar-refractivity contribution in [3.05, 3.63) is 35.5 Å². The number of nitrogens with zero attached hydrogens (tertiary/aromatic N) is 2. The van der Waals surface area contributed by atoms with Crippen molar-refractivity contribution < 1.29 is 41.0 Å². The first-order valence-corrected chi connectivity index (χ1v) is 13.1. The van der Waals surface area contributed by atoms with E-state index in [2.05, 4.69) is 9.88 Å². The van der Waals surface area contributed by atoms with Gasteiger partial charge >= 0.3 is 18.3 Å². The summed E-state index contributed by atoms with van der Waals surface area (Å²) >= 11 is 0. The van der Waals surface area contributed by atoms with Crippen LogP contribution < -0.4 is 4.74 Å². The molecule has 2 aromatic rings. The van der Waals surface area contributed by atoms with Gasteiger partial charge in [-0.25, -0.2) is 0 Å². The van der Waals surface area contributed by atoms with Gasteiger partial charge in [-0.2, -0.15) is 26.3 Å². The minimum absolute atomic E-state index is 0.0440. The highest BCUT2D eigenvalue weighted by Gasteiger charge is 2.44. The van der Waals surface area contributed by atoms with Crippen LogP contribution in [0.25, 0.3) is 10.9 Å². The Morgan fingerprint density at radius 2 is 1.61 bits per heavy atom. The molecule has 1 aliphatic carbocycles. The fourth-order valence-corrected chi connectivity index (χ4v) is 6.53. The molecule has 1 aromatic carbocycles. The van der Waals surface area contributed by atoms with E-state index < -0.39 is 35.9 Å². The number of aliphatic carboxylic acids is 1. The molecule has 3 fully saturated rings. The summed E-state index contributed by atoms with van der Waals surface area (Å²) < 4.78 is 86.8. The Balaban J connectivity index is 1.30. The van der Waals surface area contributed by atoms with Gasteiger partial charge in [0.2, 0.25) is 0 Å². The number of piperidine rings is 1. The average molecular weight is 545 g/mol. The van der Waals surface area contributed by atoms with Crippen LogP contribution in [-0.4, -0.2) is 51.9 Å². The number of carboxylic acid groups (broad SMARTS) is 1. The van der Waals surface area contributed by atoms with E-state index in [1.807, 2.05) is 0 Å². The summed E-state index contributed by atoms with van der Waals surface area (Å²) in [5.41, 5.74) is -0.138. The van der Waals surface area contributed by atoms with E-state index >= 15 is 0 Å². The van der Waals surface area contributed by atoms with Crippen molar-refractivity contribution in [3.63, 3.8) is 0 Å². The smallest absolute Gasteiger partial charge is 0.420 e. The number of aromatic nitrogens is 1. The molecule has 0 spiro atoms. The third-order valence-electron chi connectivity index (χ3n) is 8.46. The van der Waals surface area contributed by atoms with Gasteiger partial charge in [0.15, 0.2) is 0 Å². The van der Waals surface area contributed by atoms with E-state index in [0.29, 0.717) is 31.5 Å². The number of halogens is 6. The van der Waals surface area contributed by atoms with Crippen LogP contribution in [0.3, 0.4) is 0 Å². The summed E-state index contributed by atoms with van der Waals surface area (Å²) in [6.07, 6.45) is -6.30. The number of pyridine rings is 1. The molecule has 2 bridgehead atoms. The van der Waals surface area contributed by atoms with Crippen molar-refractivity contribution in [1.29, 1.82) is 0 Å². The number of alkyl halides is 6. The summed E-state index contributed by atoms with van der Waals surface area (Å²) in [7, 11) is 0. The average Bonchev–Trinajstić information content (AvgIpc) is 3.07. The zero-order chi connectivity index (χ0) is 27.2. The van der Waals surface area contributed by atoms with Crippen LogP contribution in [0.4, 0.5) is 26.3 Å². The van der Waals surface area contributed by atoms with Crippen molar-refractivity contribution in [2.75, 3.05) is 6.54 Å². The molecule has 2 unspecified atom stereocenters. The second-order valence-corrected chi connectivity index (χ2v) is 10.8. The third kappa shape index (κ3) is 5.58. The first-order valence-electron chi connectivity index (χ1n) is 13.1. The van der Waals surface area contributed by atoms with Crippen LogP contribution in [0.15, 0.2) is 24.3 Å². The summed E-state index contributed by atoms with van der Waals surface area (Å²) in [6.45, 7) is 0.661. The van der Waals surface area contributed by atoms with Gasteiger partial charge in [-0.05, 0) is 69.6 Å². The van der Waals surface area contributed by atoms with Crippen LogP contribution in [0.5, 0.6) is 5.75 Å². The van der Waals surface area contributed by atoms with E-state index in [9.17, 15) is 36.2 Å². The molecule has 0 radical (unpaired) electrons. The van der Waals surface area contributed by atoms with Gasteiger partial charge < -0.3 is 9.84 Å². The topological polar surface area (TPSA) is 62.7 Å². The van der Waals surface area contributed by atoms with Crippen molar-refractivity contribution in [3.8, 4) is 5.75 Å². The number of carboxylic acids is 1.